The monoisotopic (exact) mass is 540 g/mol. The lowest BCUT2D eigenvalue weighted by Crippen LogP contribution is -2.30. The average molecular weight is 541 g/mol. The van der Waals surface area contributed by atoms with Crippen LogP contribution >= 0.6 is 0 Å². The zero-order chi connectivity index (χ0) is 28.0. The predicted molar refractivity (Wildman–Crippen MR) is 147 cm³/mol. The number of nitrogens with one attached hydrogen (secondary N) is 1. The van der Waals surface area contributed by atoms with Gasteiger partial charge in [0, 0.05) is 29.7 Å². The highest BCUT2D eigenvalue weighted by atomic mass is 19.1. The number of amides is 1. The first-order valence-electron chi connectivity index (χ1n) is 12.7. The largest absolute Gasteiger partial charge is 0.383 e. The van der Waals surface area contributed by atoms with Gasteiger partial charge in [-0.3, -0.25) is 19.3 Å². The third-order valence-electron chi connectivity index (χ3n) is 6.79. The van der Waals surface area contributed by atoms with Gasteiger partial charge in [0.25, 0.3) is 5.91 Å². The summed E-state index contributed by atoms with van der Waals surface area (Å²) in [5.74, 6) is -0.824. The van der Waals surface area contributed by atoms with E-state index in [1.165, 1.54) is 29.3 Å². The van der Waals surface area contributed by atoms with E-state index in [-0.39, 0.29) is 29.0 Å². The predicted octanol–water partition coefficient (Wildman–Crippen LogP) is 3.84. The smallest absolute Gasteiger partial charge is 0.280 e. The number of nitrogens with two attached hydrogens (primary N) is 1. The van der Waals surface area contributed by atoms with E-state index in [4.69, 9.17) is 10.5 Å². The molecule has 5 aromatic rings. The Labute approximate surface area is 227 Å². The molecule has 0 aliphatic carbocycles. The Kier molecular flexibility index (Phi) is 6.31. The average Bonchev–Trinajstić information content (AvgIpc) is 3.29. The topological polar surface area (TPSA) is 143 Å². The van der Waals surface area contributed by atoms with Crippen molar-refractivity contribution in [1.82, 2.24) is 29.3 Å². The van der Waals surface area contributed by atoms with Crippen LogP contribution in [0.2, 0.25) is 0 Å². The maximum atomic E-state index is 13.4. The fraction of sp³-hybridized carbons (Fsp3) is 0.214. The summed E-state index contributed by atoms with van der Waals surface area (Å²) in [6, 6.07) is 9.78. The van der Waals surface area contributed by atoms with Crippen molar-refractivity contribution in [1.29, 1.82) is 0 Å². The molecule has 0 atom stereocenters. The van der Waals surface area contributed by atoms with Crippen molar-refractivity contribution in [2.24, 2.45) is 0 Å². The second-order valence-electron chi connectivity index (χ2n) is 9.79. The number of aromatic nitrogens is 6. The molecule has 202 valence electrons. The van der Waals surface area contributed by atoms with E-state index in [2.05, 4.69) is 29.9 Å². The highest BCUT2D eigenvalue weighted by Crippen LogP contribution is 2.36. The number of halogens is 1. The van der Waals surface area contributed by atoms with E-state index in [1.54, 1.807) is 12.1 Å². The zero-order valence-corrected chi connectivity index (χ0v) is 21.7. The van der Waals surface area contributed by atoms with Crippen LogP contribution in [0.15, 0.2) is 66.1 Å². The first kappa shape index (κ1) is 25.3. The molecule has 0 saturated carbocycles. The summed E-state index contributed by atoms with van der Waals surface area (Å²) < 4.78 is 22.3. The van der Waals surface area contributed by atoms with Crippen LogP contribution < -0.4 is 16.5 Å². The lowest BCUT2D eigenvalue weighted by atomic mass is 10.1. The normalized spacial score (nSPS) is 13.5. The summed E-state index contributed by atoms with van der Waals surface area (Å²) in [6.45, 7) is 4.94. The Morgan fingerprint density at radius 1 is 1.07 bits per heavy atom. The number of hydrogen-bond donors (Lipinski definition) is 2. The Bertz CT molecular complexity index is 1790. The molecule has 4 aromatic heterocycles. The molecule has 5 heterocycles. The summed E-state index contributed by atoms with van der Waals surface area (Å²) in [7, 11) is 0. The fourth-order valence-electron chi connectivity index (χ4n) is 4.55. The minimum absolute atomic E-state index is 0.143. The number of anilines is 2. The Morgan fingerprint density at radius 2 is 1.85 bits per heavy atom. The van der Waals surface area contributed by atoms with Crippen molar-refractivity contribution in [3.63, 3.8) is 0 Å². The van der Waals surface area contributed by atoms with Gasteiger partial charge in [-0.15, -0.1) is 0 Å². The first-order valence-corrected chi connectivity index (χ1v) is 12.7. The lowest BCUT2D eigenvalue weighted by Gasteiger charge is -2.27. The van der Waals surface area contributed by atoms with Crippen LogP contribution in [-0.2, 0) is 4.74 Å². The van der Waals surface area contributed by atoms with Gasteiger partial charge < -0.3 is 20.4 Å². The summed E-state index contributed by atoms with van der Waals surface area (Å²) >= 11 is 0. The van der Waals surface area contributed by atoms with Gasteiger partial charge in [0.2, 0.25) is 5.43 Å². The van der Waals surface area contributed by atoms with Crippen LogP contribution in [0.25, 0.3) is 33.4 Å². The standard InChI is InChI=1S/C28H25FN8O3/c1-15(2)37-11-21(22-8-5-17(29)9-31-22)25(38)24(35-37)28(39)34-18-6-3-16(4-7-18)20-10-36(19-12-40-13-19)27-23(20)26(30)32-14-33-27/h3-11,14-15,19H,12-13H2,1-2H3,(H,34,39)(H2,30,32,33). The SMILES string of the molecule is CC(C)n1cc(-c2ccc(F)cn2)c(=O)c(C(=O)Nc2ccc(-c3cn(C4COC4)c4ncnc(N)c34)cc2)n1. The Hall–Kier alpha value is -4.97. The summed E-state index contributed by atoms with van der Waals surface area (Å²) in [6.07, 6.45) is 5.97. The highest BCUT2D eigenvalue weighted by Gasteiger charge is 2.25. The van der Waals surface area contributed by atoms with Gasteiger partial charge in [-0.25, -0.2) is 14.4 Å². The Balaban J connectivity index is 1.31. The van der Waals surface area contributed by atoms with E-state index in [1.807, 2.05) is 32.2 Å². The minimum Gasteiger partial charge on any atom is -0.383 e. The van der Waals surface area contributed by atoms with Crippen LogP contribution in [0.5, 0.6) is 0 Å². The van der Waals surface area contributed by atoms with Crippen LogP contribution in [0.4, 0.5) is 15.9 Å². The number of carbonyl (C=O) groups excluding carboxylic acids is 1. The molecule has 1 aliphatic rings. The van der Waals surface area contributed by atoms with Crippen molar-refractivity contribution in [3.05, 3.63) is 83.1 Å². The molecule has 0 unspecified atom stereocenters. The molecule has 12 heteroatoms. The number of hydrogen-bond acceptors (Lipinski definition) is 8. The molecule has 11 nitrogen and oxygen atoms in total. The molecular formula is C28H25FN8O3. The first-order chi connectivity index (χ1) is 19.3. The molecule has 1 saturated heterocycles. The molecule has 0 spiro atoms. The maximum absolute atomic E-state index is 13.4. The van der Waals surface area contributed by atoms with Gasteiger partial charge in [-0.1, -0.05) is 12.1 Å². The number of benzene rings is 1. The van der Waals surface area contributed by atoms with Gasteiger partial charge in [0.1, 0.15) is 23.6 Å². The van der Waals surface area contributed by atoms with E-state index >= 15 is 0 Å². The van der Waals surface area contributed by atoms with Gasteiger partial charge in [0.15, 0.2) is 5.69 Å². The molecule has 1 amide bonds. The molecule has 0 radical (unpaired) electrons. The van der Waals surface area contributed by atoms with Gasteiger partial charge in [0.05, 0.1) is 42.1 Å². The van der Waals surface area contributed by atoms with E-state index in [0.29, 0.717) is 24.7 Å². The zero-order valence-electron chi connectivity index (χ0n) is 21.7. The fourth-order valence-corrected chi connectivity index (χ4v) is 4.55. The van der Waals surface area contributed by atoms with Crippen LogP contribution in [-0.4, -0.2) is 48.4 Å². The number of nitrogen functional groups attached to an aromatic ring is 1. The summed E-state index contributed by atoms with van der Waals surface area (Å²) in [5.41, 5.74) is 8.64. The molecule has 0 bridgehead atoms. The summed E-state index contributed by atoms with van der Waals surface area (Å²) in [5, 5.41) is 7.76. The summed E-state index contributed by atoms with van der Waals surface area (Å²) in [4.78, 5) is 39.1. The molecule has 1 aromatic carbocycles. The van der Waals surface area contributed by atoms with Gasteiger partial charge >= 0.3 is 0 Å². The van der Waals surface area contributed by atoms with E-state index in [9.17, 15) is 14.0 Å². The van der Waals surface area contributed by atoms with Gasteiger partial charge in [-0.05, 0) is 43.7 Å². The Morgan fingerprint density at radius 3 is 2.50 bits per heavy atom. The van der Waals surface area contributed by atoms with Crippen molar-refractivity contribution in [2.75, 3.05) is 24.3 Å². The van der Waals surface area contributed by atoms with Crippen molar-refractivity contribution < 1.29 is 13.9 Å². The number of rotatable bonds is 6. The maximum Gasteiger partial charge on any atom is 0.280 e. The second kappa shape index (κ2) is 9.97. The number of fused-ring (bicyclic) bond motifs is 1. The van der Waals surface area contributed by atoms with Crippen LogP contribution in [0.3, 0.4) is 0 Å². The molecular weight excluding hydrogens is 515 g/mol. The molecule has 40 heavy (non-hydrogen) atoms. The van der Waals surface area contributed by atoms with E-state index < -0.39 is 17.2 Å². The second-order valence-corrected chi connectivity index (χ2v) is 9.79. The van der Waals surface area contributed by atoms with Crippen molar-refractivity contribution in [3.8, 4) is 22.4 Å². The molecule has 6 rings (SSSR count). The van der Waals surface area contributed by atoms with E-state index in [0.717, 1.165) is 28.4 Å². The molecule has 1 aliphatic heterocycles. The van der Waals surface area contributed by atoms with Crippen LogP contribution in [0, 0.1) is 5.82 Å². The van der Waals surface area contributed by atoms with Crippen molar-refractivity contribution >= 4 is 28.4 Å². The number of nitrogens with zero attached hydrogens (tertiary/aromatic N) is 6. The lowest BCUT2D eigenvalue weighted by molar-refractivity contribution is -0.0215. The number of ether oxygens (including phenoxy) is 1. The highest BCUT2D eigenvalue weighted by molar-refractivity contribution is 6.04. The third-order valence-corrected chi connectivity index (χ3v) is 6.79. The number of pyridine rings is 1. The van der Waals surface area contributed by atoms with Crippen LogP contribution in [0.1, 0.15) is 36.4 Å². The quantitative estimate of drug-likeness (QED) is 0.331. The van der Waals surface area contributed by atoms with Crippen molar-refractivity contribution in [2.45, 2.75) is 25.9 Å². The number of carbonyl (C=O) groups is 1. The minimum atomic E-state index is -0.671. The third kappa shape index (κ3) is 4.47. The molecule has 3 N–H and O–H groups in total. The molecule has 1 fully saturated rings. The van der Waals surface area contributed by atoms with Gasteiger partial charge in [-0.2, -0.15) is 5.10 Å².